The van der Waals surface area contributed by atoms with E-state index in [1.807, 2.05) is 0 Å². The molecule has 5 rings (SSSR count). The van der Waals surface area contributed by atoms with Gasteiger partial charge in [-0.05, 0) is 56.1 Å². The number of hydrogen-bond acceptors (Lipinski definition) is 3. The van der Waals surface area contributed by atoms with Crippen molar-refractivity contribution in [1.82, 2.24) is 9.47 Å². The van der Waals surface area contributed by atoms with Gasteiger partial charge in [-0.2, -0.15) is 0 Å². The highest BCUT2D eigenvalue weighted by Crippen LogP contribution is 2.41. The molecule has 3 aliphatic rings. The van der Waals surface area contributed by atoms with Crippen LogP contribution in [0.25, 0.3) is 5.69 Å². The summed E-state index contributed by atoms with van der Waals surface area (Å²) < 4.78 is 1.47. The standard InChI is InChI=1S/C19H18Cl2N2O3/c20-12-1-3-16(15(21)9-12)23-17(24)4-2-13(19(25)26)18(23)14-10-22-7-5-11(14)6-8-22/h1-4,9,11,14H,5-8,10H2,(H,25,26). The Balaban J connectivity index is 1.97. The number of pyridine rings is 1. The molecule has 136 valence electrons. The fourth-order valence-corrected chi connectivity index (χ4v) is 4.78. The molecule has 0 amide bonds. The highest BCUT2D eigenvalue weighted by Gasteiger charge is 2.38. The van der Waals surface area contributed by atoms with Crippen LogP contribution in [0.5, 0.6) is 0 Å². The van der Waals surface area contributed by atoms with E-state index in [0.717, 1.165) is 32.5 Å². The summed E-state index contributed by atoms with van der Waals surface area (Å²) in [7, 11) is 0. The van der Waals surface area contributed by atoms with Crippen molar-refractivity contribution in [3.8, 4) is 5.69 Å². The van der Waals surface area contributed by atoms with E-state index in [1.54, 1.807) is 18.2 Å². The molecule has 7 heteroatoms. The van der Waals surface area contributed by atoms with E-state index in [-0.39, 0.29) is 17.0 Å². The first-order valence-electron chi connectivity index (χ1n) is 8.62. The van der Waals surface area contributed by atoms with Crippen molar-refractivity contribution >= 4 is 29.2 Å². The molecule has 2 aromatic rings. The number of fused-ring (bicyclic) bond motifs is 3. The van der Waals surface area contributed by atoms with Crippen molar-refractivity contribution in [3.05, 3.63) is 62.0 Å². The molecule has 1 aromatic carbocycles. The van der Waals surface area contributed by atoms with Gasteiger partial charge < -0.3 is 10.0 Å². The van der Waals surface area contributed by atoms with Gasteiger partial charge in [0.25, 0.3) is 5.56 Å². The van der Waals surface area contributed by atoms with Gasteiger partial charge in [0, 0.05) is 29.2 Å². The van der Waals surface area contributed by atoms with Crippen LogP contribution in [0.1, 0.15) is 34.8 Å². The van der Waals surface area contributed by atoms with Gasteiger partial charge in [0.1, 0.15) is 0 Å². The van der Waals surface area contributed by atoms with Crippen molar-refractivity contribution < 1.29 is 9.90 Å². The molecular weight excluding hydrogens is 375 g/mol. The molecule has 5 nitrogen and oxygen atoms in total. The predicted molar refractivity (Wildman–Crippen MR) is 101 cm³/mol. The smallest absolute Gasteiger partial charge is 0.337 e. The lowest BCUT2D eigenvalue weighted by molar-refractivity contribution is 0.0674. The Morgan fingerprint density at radius 2 is 1.85 bits per heavy atom. The van der Waals surface area contributed by atoms with E-state index in [9.17, 15) is 14.7 Å². The lowest BCUT2D eigenvalue weighted by Crippen LogP contribution is -2.47. The minimum Gasteiger partial charge on any atom is -0.478 e. The van der Waals surface area contributed by atoms with Crippen LogP contribution in [0.4, 0.5) is 0 Å². The van der Waals surface area contributed by atoms with Gasteiger partial charge in [-0.15, -0.1) is 0 Å². The molecule has 1 aromatic heterocycles. The predicted octanol–water partition coefficient (Wildman–Crippen LogP) is 3.65. The van der Waals surface area contributed by atoms with Gasteiger partial charge in [0.2, 0.25) is 0 Å². The van der Waals surface area contributed by atoms with Crippen LogP contribution in [0, 0.1) is 5.92 Å². The number of carboxylic acid groups (broad SMARTS) is 1. The summed E-state index contributed by atoms with van der Waals surface area (Å²) in [6.07, 6.45) is 2.03. The Bertz CT molecular complexity index is 933. The maximum absolute atomic E-state index is 12.8. The first-order chi connectivity index (χ1) is 12.5. The molecule has 0 saturated carbocycles. The number of carbonyl (C=O) groups is 1. The third-order valence-corrected chi connectivity index (χ3v) is 6.06. The van der Waals surface area contributed by atoms with Crippen LogP contribution < -0.4 is 5.56 Å². The van der Waals surface area contributed by atoms with Gasteiger partial charge in [-0.3, -0.25) is 9.36 Å². The molecule has 1 unspecified atom stereocenters. The van der Waals surface area contributed by atoms with E-state index in [1.165, 1.54) is 16.7 Å². The van der Waals surface area contributed by atoms with Gasteiger partial charge in [0.05, 0.1) is 16.3 Å². The van der Waals surface area contributed by atoms with Crippen LogP contribution in [0.15, 0.2) is 35.1 Å². The molecule has 3 fully saturated rings. The SMILES string of the molecule is O=C(O)c1ccc(=O)n(-c2ccc(Cl)cc2Cl)c1C1CN2CCC1CC2. The minimum absolute atomic E-state index is 0.00996. The zero-order valence-corrected chi connectivity index (χ0v) is 15.5. The van der Waals surface area contributed by atoms with Crippen LogP contribution in [-0.4, -0.2) is 40.2 Å². The Labute approximate surface area is 160 Å². The fraction of sp³-hybridized carbons (Fsp3) is 0.368. The van der Waals surface area contributed by atoms with Crippen molar-refractivity contribution in [2.75, 3.05) is 19.6 Å². The zero-order chi connectivity index (χ0) is 18.4. The lowest BCUT2D eigenvalue weighted by Gasteiger charge is -2.45. The molecule has 4 heterocycles. The molecule has 0 aliphatic carbocycles. The molecule has 3 saturated heterocycles. The summed E-state index contributed by atoms with van der Waals surface area (Å²) in [5, 5.41) is 10.5. The number of halogens is 2. The highest BCUT2D eigenvalue weighted by atomic mass is 35.5. The molecule has 0 spiro atoms. The number of aromatic carboxylic acids is 1. The third kappa shape index (κ3) is 2.94. The van der Waals surface area contributed by atoms with Crippen molar-refractivity contribution in [1.29, 1.82) is 0 Å². The number of nitrogens with zero attached hydrogens (tertiary/aromatic N) is 2. The summed E-state index contributed by atoms with van der Waals surface area (Å²) in [6.45, 7) is 2.82. The van der Waals surface area contributed by atoms with Crippen molar-refractivity contribution in [2.24, 2.45) is 5.92 Å². The Hall–Kier alpha value is -1.82. The number of carboxylic acids is 1. The monoisotopic (exact) mass is 392 g/mol. The van der Waals surface area contributed by atoms with Crippen LogP contribution in [0.2, 0.25) is 10.0 Å². The van der Waals surface area contributed by atoms with Crippen LogP contribution in [-0.2, 0) is 0 Å². The molecular formula is C19H18Cl2N2O3. The summed E-state index contributed by atoms with van der Waals surface area (Å²) in [5.41, 5.74) is 0.888. The average molecular weight is 393 g/mol. The van der Waals surface area contributed by atoms with E-state index >= 15 is 0 Å². The van der Waals surface area contributed by atoms with Crippen molar-refractivity contribution in [3.63, 3.8) is 0 Å². The van der Waals surface area contributed by atoms with Gasteiger partial charge in [-0.1, -0.05) is 23.2 Å². The number of benzene rings is 1. The fourth-order valence-electron chi connectivity index (χ4n) is 4.29. The second kappa shape index (κ2) is 6.72. The average Bonchev–Trinajstić information content (AvgIpc) is 2.63. The minimum atomic E-state index is -1.03. The quantitative estimate of drug-likeness (QED) is 0.865. The third-order valence-electron chi connectivity index (χ3n) is 5.52. The summed E-state index contributed by atoms with van der Waals surface area (Å²) in [5.74, 6) is -0.670. The van der Waals surface area contributed by atoms with Gasteiger partial charge in [0.15, 0.2) is 0 Å². The Morgan fingerprint density at radius 1 is 1.12 bits per heavy atom. The largest absolute Gasteiger partial charge is 0.478 e. The van der Waals surface area contributed by atoms with E-state index in [0.29, 0.717) is 27.3 Å². The van der Waals surface area contributed by atoms with Gasteiger partial charge >= 0.3 is 5.97 Å². The molecule has 2 bridgehead atoms. The number of piperidine rings is 3. The Morgan fingerprint density at radius 3 is 2.42 bits per heavy atom. The van der Waals surface area contributed by atoms with Crippen LogP contribution in [0.3, 0.4) is 0 Å². The van der Waals surface area contributed by atoms with Crippen LogP contribution >= 0.6 is 23.2 Å². The summed E-state index contributed by atoms with van der Waals surface area (Å²) in [6, 6.07) is 7.60. The van der Waals surface area contributed by atoms with E-state index in [4.69, 9.17) is 23.2 Å². The highest BCUT2D eigenvalue weighted by molar-refractivity contribution is 6.35. The van der Waals surface area contributed by atoms with E-state index < -0.39 is 5.97 Å². The second-order valence-corrected chi connectivity index (χ2v) is 7.79. The number of aromatic nitrogens is 1. The van der Waals surface area contributed by atoms with Crippen molar-refractivity contribution in [2.45, 2.75) is 18.8 Å². The maximum atomic E-state index is 12.8. The summed E-state index contributed by atoms with van der Waals surface area (Å²) in [4.78, 5) is 27.0. The molecule has 3 aliphatic heterocycles. The zero-order valence-electron chi connectivity index (χ0n) is 14.0. The summed E-state index contributed by atoms with van der Waals surface area (Å²) >= 11 is 12.3. The molecule has 26 heavy (non-hydrogen) atoms. The lowest BCUT2D eigenvalue weighted by atomic mass is 9.76. The molecule has 1 N–H and O–H groups in total. The molecule has 1 atom stereocenters. The molecule has 0 radical (unpaired) electrons. The van der Waals surface area contributed by atoms with Gasteiger partial charge in [-0.25, -0.2) is 4.79 Å². The van der Waals surface area contributed by atoms with E-state index in [2.05, 4.69) is 4.90 Å². The Kier molecular flexibility index (Phi) is 4.55. The first-order valence-corrected chi connectivity index (χ1v) is 9.38. The maximum Gasteiger partial charge on any atom is 0.337 e. The first kappa shape index (κ1) is 17.6. The number of rotatable bonds is 3. The topological polar surface area (TPSA) is 62.5 Å². The second-order valence-electron chi connectivity index (χ2n) is 6.95. The normalized spacial score (nSPS) is 24.6. The number of hydrogen-bond donors (Lipinski definition) is 1.